The van der Waals surface area contributed by atoms with Gasteiger partial charge in [-0.3, -0.25) is 0 Å². The van der Waals surface area contributed by atoms with Gasteiger partial charge in [0.05, 0.1) is 0 Å². The number of benzene rings is 1. The molecule has 1 N–H and O–H groups in total. The molecule has 0 saturated heterocycles. The largest absolute Gasteiger partial charge is 0.461 e. The van der Waals surface area contributed by atoms with Crippen molar-refractivity contribution in [2.45, 2.75) is 53.0 Å². The molecule has 2 rings (SSSR count). The Morgan fingerprint density at radius 1 is 1.15 bits per heavy atom. The molecule has 1 heterocycles. The Morgan fingerprint density at radius 2 is 1.85 bits per heavy atom. The van der Waals surface area contributed by atoms with Crippen molar-refractivity contribution in [2.75, 3.05) is 6.54 Å². The summed E-state index contributed by atoms with van der Waals surface area (Å²) in [5.41, 5.74) is 2.44. The average Bonchev–Trinajstić information content (AvgIpc) is 2.76. The van der Waals surface area contributed by atoms with Crippen LogP contribution in [0.1, 0.15) is 51.9 Å². The van der Waals surface area contributed by atoms with Gasteiger partial charge in [0.2, 0.25) is 0 Å². The molecule has 0 aliphatic heterocycles. The number of nitrogens with one attached hydrogen (secondary N) is 1. The van der Waals surface area contributed by atoms with E-state index in [1.165, 1.54) is 10.9 Å². The lowest BCUT2D eigenvalue weighted by Crippen LogP contribution is -2.39. The first kappa shape index (κ1) is 15.1. The minimum absolute atomic E-state index is 0.166. The lowest BCUT2D eigenvalue weighted by atomic mass is 9.92. The van der Waals surface area contributed by atoms with Gasteiger partial charge in [0.1, 0.15) is 11.3 Å². The van der Waals surface area contributed by atoms with Crippen molar-refractivity contribution in [1.82, 2.24) is 5.32 Å². The molecule has 2 heteroatoms. The van der Waals surface area contributed by atoms with E-state index in [0.717, 1.165) is 17.9 Å². The van der Waals surface area contributed by atoms with Crippen molar-refractivity contribution in [3.8, 4) is 0 Å². The van der Waals surface area contributed by atoms with Gasteiger partial charge in [-0.15, -0.1) is 0 Å². The minimum atomic E-state index is 0.166. The highest BCUT2D eigenvalue weighted by molar-refractivity contribution is 5.78. The molecule has 20 heavy (non-hydrogen) atoms. The molecule has 0 bridgehead atoms. The van der Waals surface area contributed by atoms with Crippen LogP contribution in [0.3, 0.4) is 0 Å². The van der Waals surface area contributed by atoms with Gasteiger partial charge in [-0.05, 0) is 58.4 Å². The first-order valence-electron chi connectivity index (χ1n) is 7.51. The van der Waals surface area contributed by atoms with Crippen LogP contribution in [0.4, 0.5) is 0 Å². The van der Waals surface area contributed by atoms with E-state index in [2.05, 4.69) is 71.1 Å². The van der Waals surface area contributed by atoms with E-state index >= 15 is 0 Å². The van der Waals surface area contributed by atoms with Crippen LogP contribution in [0.5, 0.6) is 0 Å². The maximum absolute atomic E-state index is 6.01. The zero-order valence-electron chi connectivity index (χ0n) is 13.6. The van der Waals surface area contributed by atoms with Gasteiger partial charge in [0.15, 0.2) is 0 Å². The standard InChI is InChI=1S/C18H27NO/c1-12-7-8-16-15(9-12)10-17(20-16)14(3)13(2)11-19-18(4,5)6/h7-10,13-14,19H,11H2,1-6H3. The summed E-state index contributed by atoms with van der Waals surface area (Å²) in [7, 11) is 0. The summed E-state index contributed by atoms with van der Waals surface area (Å²) in [4.78, 5) is 0. The molecular formula is C18H27NO. The second-order valence-electron chi connectivity index (χ2n) is 7.09. The second-order valence-corrected chi connectivity index (χ2v) is 7.09. The molecule has 2 nitrogen and oxygen atoms in total. The van der Waals surface area contributed by atoms with Crippen LogP contribution < -0.4 is 5.32 Å². The van der Waals surface area contributed by atoms with E-state index < -0.39 is 0 Å². The first-order valence-corrected chi connectivity index (χ1v) is 7.51. The maximum Gasteiger partial charge on any atom is 0.134 e. The Kier molecular flexibility index (Phi) is 4.24. The summed E-state index contributed by atoms with van der Waals surface area (Å²) in [6.07, 6.45) is 0. The van der Waals surface area contributed by atoms with Crippen LogP contribution in [0.2, 0.25) is 0 Å². The third-order valence-corrected chi connectivity index (χ3v) is 3.95. The SMILES string of the molecule is Cc1ccc2oc(C(C)C(C)CNC(C)(C)C)cc2c1. The quantitative estimate of drug-likeness (QED) is 0.859. The predicted molar refractivity (Wildman–Crippen MR) is 86.3 cm³/mol. The molecule has 0 saturated carbocycles. The van der Waals surface area contributed by atoms with Crippen LogP contribution >= 0.6 is 0 Å². The lowest BCUT2D eigenvalue weighted by Gasteiger charge is -2.25. The van der Waals surface area contributed by atoms with Crippen LogP contribution in [-0.2, 0) is 0 Å². The molecule has 1 aromatic heterocycles. The smallest absolute Gasteiger partial charge is 0.134 e. The molecule has 0 amide bonds. The fraction of sp³-hybridized carbons (Fsp3) is 0.556. The van der Waals surface area contributed by atoms with Crippen molar-refractivity contribution in [3.05, 3.63) is 35.6 Å². The Hall–Kier alpha value is -1.28. The van der Waals surface area contributed by atoms with Gasteiger partial charge in [-0.25, -0.2) is 0 Å². The van der Waals surface area contributed by atoms with Crippen molar-refractivity contribution in [3.63, 3.8) is 0 Å². The van der Waals surface area contributed by atoms with Crippen LogP contribution in [0, 0.1) is 12.8 Å². The van der Waals surface area contributed by atoms with E-state index in [-0.39, 0.29) is 5.54 Å². The molecule has 2 unspecified atom stereocenters. The normalized spacial score (nSPS) is 15.5. The van der Waals surface area contributed by atoms with Crippen LogP contribution in [-0.4, -0.2) is 12.1 Å². The highest BCUT2D eigenvalue weighted by atomic mass is 16.3. The fourth-order valence-corrected chi connectivity index (χ4v) is 2.33. The van der Waals surface area contributed by atoms with Gasteiger partial charge in [-0.2, -0.15) is 0 Å². The third-order valence-electron chi connectivity index (χ3n) is 3.95. The molecule has 0 aliphatic rings. The van der Waals surface area contributed by atoms with Gasteiger partial charge in [-0.1, -0.05) is 25.5 Å². The summed E-state index contributed by atoms with van der Waals surface area (Å²) in [5, 5.41) is 4.78. The third kappa shape index (κ3) is 3.63. The molecule has 0 spiro atoms. The van der Waals surface area contributed by atoms with Gasteiger partial charge < -0.3 is 9.73 Å². The summed E-state index contributed by atoms with van der Waals surface area (Å²) < 4.78 is 6.01. The fourth-order valence-electron chi connectivity index (χ4n) is 2.33. The van der Waals surface area contributed by atoms with Crippen molar-refractivity contribution >= 4 is 11.0 Å². The number of rotatable bonds is 4. The topological polar surface area (TPSA) is 25.2 Å². The number of hydrogen-bond acceptors (Lipinski definition) is 2. The molecule has 2 aromatic rings. The Balaban J connectivity index is 2.12. The van der Waals surface area contributed by atoms with E-state index in [1.54, 1.807) is 0 Å². The van der Waals surface area contributed by atoms with Crippen molar-refractivity contribution in [2.24, 2.45) is 5.92 Å². The molecule has 2 atom stereocenters. The Labute approximate surface area is 122 Å². The minimum Gasteiger partial charge on any atom is -0.461 e. The van der Waals surface area contributed by atoms with Crippen molar-refractivity contribution in [1.29, 1.82) is 0 Å². The first-order chi connectivity index (χ1) is 9.26. The monoisotopic (exact) mass is 273 g/mol. The molecule has 0 aliphatic carbocycles. The van der Waals surface area contributed by atoms with Gasteiger partial charge >= 0.3 is 0 Å². The zero-order chi connectivity index (χ0) is 14.9. The van der Waals surface area contributed by atoms with E-state index in [1.807, 2.05) is 0 Å². The zero-order valence-corrected chi connectivity index (χ0v) is 13.6. The molecular weight excluding hydrogens is 246 g/mol. The second kappa shape index (κ2) is 5.61. The van der Waals surface area contributed by atoms with Gasteiger partial charge in [0, 0.05) is 16.8 Å². The van der Waals surface area contributed by atoms with E-state index in [0.29, 0.717) is 11.8 Å². The highest BCUT2D eigenvalue weighted by Crippen LogP contribution is 2.30. The van der Waals surface area contributed by atoms with E-state index in [4.69, 9.17) is 4.42 Å². The number of hydrogen-bond donors (Lipinski definition) is 1. The lowest BCUT2D eigenvalue weighted by molar-refractivity contribution is 0.339. The summed E-state index contributed by atoms with van der Waals surface area (Å²) in [6, 6.07) is 8.55. The summed E-state index contributed by atoms with van der Waals surface area (Å²) >= 11 is 0. The van der Waals surface area contributed by atoms with Gasteiger partial charge in [0.25, 0.3) is 0 Å². The molecule has 0 fully saturated rings. The summed E-state index contributed by atoms with van der Waals surface area (Å²) in [6.45, 7) is 14.3. The number of aryl methyl sites for hydroxylation is 1. The average molecular weight is 273 g/mol. The molecule has 0 radical (unpaired) electrons. The van der Waals surface area contributed by atoms with Crippen LogP contribution in [0.15, 0.2) is 28.7 Å². The predicted octanol–water partition coefficient (Wildman–Crippen LogP) is 4.87. The number of fused-ring (bicyclic) bond motifs is 1. The number of furan rings is 1. The molecule has 110 valence electrons. The Morgan fingerprint density at radius 3 is 2.50 bits per heavy atom. The Bertz CT molecular complexity index is 577. The maximum atomic E-state index is 6.01. The van der Waals surface area contributed by atoms with Crippen molar-refractivity contribution < 1.29 is 4.42 Å². The molecule has 1 aromatic carbocycles. The van der Waals surface area contributed by atoms with Crippen LogP contribution in [0.25, 0.3) is 11.0 Å². The summed E-state index contributed by atoms with van der Waals surface area (Å²) in [5.74, 6) is 2.04. The highest BCUT2D eigenvalue weighted by Gasteiger charge is 2.20. The van der Waals surface area contributed by atoms with E-state index in [9.17, 15) is 0 Å².